The molecular formula is C26H37FN2. The van der Waals surface area contributed by atoms with Crippen molar-refractivity contribution in [3.05, 3.63) is 54.0 Å². The molecule has 2 nitrogen and oxygen atoms in total. The molecule has 1 unspecified atom stereocenters. The van der Waals surface area contributed by atoms with E-state index in [1.165, 1.54) is 48.8 Å². The molecule has 1 aromatic carbocycles. The summed E-state index contributed by atoms with van der Waals surface area (Å²) in [6, 6.07) is 8.48. The smallest absolute Gasteiger partial charge is 0.116 e. The van der Waals surface area contributed by atoms with E-state index in [0.717, 1.165) is 37.8 Å². The Hall–Kier alpha value is -2.03. The van der Waals surface area contributed by atoms with Gasteiger partial charge in [0.1, 0.15) is 6.33 Å². The number of hydrogen-bond donors (Lipinski definition) is 0. The number of aromatic nitrogens is 2. The summed E-state index contributed by atoms with van der Waals surface area (Å²) in [7, 11) is 0. The fourth-order valence-electron chi connectivity index (χ4n) is 3.64. The molecule has 1 aromatic heterocycles. The number of benzene rings is 1. The van der Waals surface area contributed by atoms with Crippen LogP contribution in [-0.2, 0) is 6.42 Å². The van der Waals surface area contributed by atoms with Gasteiger partial charge < -0.3 is 0 Å². The third-order valence-corrected chi connectivity index (χ3v) is 5.32. The fraction of sp³-hybridized carbons (Fsp3) is 0.538. The van der Waals surface area contributed by atoms with E-state index in [4.69, 9.17) is 0 Å². The molecule has 0 saturated heterocycles. The van der Waals surface area contributed by atoms with E-state index >= 15 is 0 Å². The first-order valence-corrected chi connectivity index (χ1v) is 11.4. The molecule has 0 fully saturated rings. The molecule has 29 heavy (non-hydrogen) atoms. The maximum absolute atomic E-state index is 13.0. The summed E-state index contributed by atoms with van der Waals surface area (Å²) in [6.07, 6.45) is 19.7. The molecular weight excluding hydrogens is 359 g/mol. The van der Waals surface area contributed by atoms with Gasteiger partial charge in [-0.3, -0.25) is 0 Å². The van der Waals surface area contributed by atoms with E-state index in [1.807, 2.05) is 6.20 Å². The highest BCUT2D eigenvalue weighted by Crippen LogP contribution is 2.27. The molecule has 0 N–H and O–H groups in total. The summed E-state index contributed by atoms with van der Waals surface area (Å²) >= 11 is 0. The summed E-state index contributed by atoms with van der Waals surface area (Å²) in [5.41, 5.74) is 4.60. The summed E-state index contributed by atoms with van der Waals surface area (Å²) in [5.74, 6) is 0. The van der Waals surface area contributed by atoms with E-state index in [9.17, 15) is 4.39 Å². The van der Waals surface area contributed by atoms with Crippen LogP contribution in [0, 0.1) is 0 Å². The zero-order chi connectivity index (χ0) is 20.7. The minimum absolute atomic E-state index is 0.657. The number of alkyl halides is 1. The Labute approximate surface area is 176 Å². The van der Waals surface area contributed by atoms with Gasteiger partial charge in [0.05, 0.1) is 11.9 Å². The number of aryl methyl sites for hydroxylation is 1. The topological polar surface area (TPSA) is 25.8 Å². The standard InChI is InChI=1S/C26H37FN2/c1-3-4-5-6-7-8-11-16-23-17-13-14-19-25(23)26-24(20-28-21-29-26)18-12-9-10-15-22(2)27/h11,13-14,16-17,19-22H,3-10,12,15,18H2,1-2H3/b16-11+. The molecule has 2 aromatic rings. The molecule has 3 heteroatoms. The van der Waals surface area contributed by atoms with Gasteiger partial charge in [0.2, 0.25) is 0 Å². The molecule has 0 saturated carbocycles. The molecule has 0 radical (unpaired) electrons. The van der Waals surface area contributed by atoms with Gasteiger partial charge in [-0.1, -0.05) is 81.9 Å². The van der Waals surface area contributed by atoms with Gasteiger partial charge in [-0.05, 0) is 50.2 Å². The van der Waals surface area contributed by atoms with Crippen molar-refractivity contribution in [3.63, 3.8) is 0 Å². The van der Waals surface area contributed by atoms with Gasteiger partial charge in [-0.25, -0.2) is 14.4 Å². The van der Waals surface area contributed by atoms with Gasteiger partial charge in [0.15, 0.2) is 0 Å². The Kier molecular flexibility index (Phi) is 11.3. The Bertz CT molecular complexity index is 724. The lowest BCUT2D eigenvalue weighted by molar-refractivity contribution is 0.330. The summed E-state index contributed by atoms with van der Waals surface area (Å²) in [6.45, 7) is 3.89. The molecule has 0 amide bonds. The van der Waals surface area contributed by atoms with Crippen LogP contribution in [0.3, 0.4) is 0 Å². The summed E-state index contributed by atoms with van der Waals surface area (Å²) in [5, 5.41) is 0. The summed E-state index contributed by atoms with van der Waals surface area (Å²) < 4.78 is 13.0. The molecule has 1 atom stereocenters. The predicted molar refractivity (Wildman–Crippen MR) is 123 cm³/mol. The van der Waals surface area contributed by atoms with Gasteiger partial charge >= 0.3 is 0 Å². The van der Waals surface area contributed by atoms with Crippen molar-refractivity contribution in [1.29, 1.82) is 0 Å². The molecule has 2 rings (SSSR count). The third-order valence-electron chi connectivity index (χ3n) is 5.32. The Morgan fingerprint density at radius 2 is 1.79 bits per heavy atom. The van der Waals surface area contributed by atoms with Gasteiger partial charge in [-0.2, -0.15) is 0 Å². The van der Waals surface area contributed by atoms with E-state index < -0.39 is 6.17 Å². The van der Waals surface area contributed by atoms with Crippen LogP contribution < -0.4 is 0 Å². The average molecular weight is 397 g/mol. The second kappa shape index (κ2) is 14.0. The lowest BCUT2D eigenvalue weighted by atomic mass is 9.97. The first-order valence-electron chi connectivity index (χ1n) is 11.4. The van der Waals surface area contributed by atoms with Crippen LogP contribution in [0.1, 0.15) is 89.2 Å². The van der Waals surface area contributed by atoms with Crippen LogP contribution in [0.5, 0.6) is 0 Å². The number of nitrogens with zero attached hydrogens (tertiary/aromatic N) is 2. The number of unbranched alkanes of at least 4 members (excludes halogenated alkanes) is 7. The van der Waals surface area contributed by atoms with Gasteiger partial charge in [0.25, 0.3) is 0 Å². The van der Waals surface area contributed by atoms with Crippen LogP contribution in [0.4, 0.5) is 4.39 Å². The maximum Gasteiger partial charge on any atom is 0.116 e. The second-order valence-corrected chi connectivity index (χ2v) is 7.97. The third kappa shape index (κ3) is 8.89. The number of rotatable bonds is 14. The molecule has 0 aliphatic carbocycles. The highest BCUT2D eigenvalue weighted by atomic mass is 19.1. The SMILES string of the molecule is CCCCCCC/C=C/c1ccccc1-c1ncncc1CCCCCC(C)F. The fourth-order valence-corrected chi connectivity index (χ4v) is 3.64. The molecule has 0 aliphatic rings. The van der Waals surface area contributed by atoms with E-state index in [-0.39, 0.29) is 0 Å². The lowest BCUT2D eigenvalue weighted by Crippen LogP contribution is -1.98. The minimum Gasteiger partial charge on any atom is -0.248 e. The van der Waals surface area contributed by atoms with Crippen molar-refractivity contribution in [1.82, 2.24) is 9.97 Å². The number of hydrogen-bond acceptors (Lipinski definition) is 2. The predicted octanol–water partition coefficient (Wildman–Crippen LogP) is 7.98. The van der Waals surface area contributed by atoms with Gasteiger partial charge in [0, 0.05) is 11.8 Å². The monoisotopic (exact) mass is 396 g/mol. The maximum atomic E-state index is 13.0. The van der Waals surface area contributed by atoms with E-state index in [2.05, 4.69) is 53.3 Å². The normalized spacial score (nSPS) is 12.5. The first kappa shape index (κ1) is 23.3. The van der Waals surface area contributed by atoms with Crippen molar-refractivity contribution >= 4 is 6.08 Å². The van der Waals surface area contributed by atoms with Crippen LogP contribution in [0.2, 0.25) is 0 Å². The van der Waals surface area contributed by atoms with E-state index in [1.54, 1.807) is 13.3 Å². The van der Waals surface area contributed by atoms with Crippen molar-refractivity contribution in [2.24, 2.45) is 0 Å². The van der Waals surface area contributed by atoms with Crippen molar-refractivity contribution in [3.8, 4) is 11.3 Å². The summed E-state index contributed by atoms with van der Waals surface area (Å²) in [4.78, 5) is 8.86. The molecule has 1 heterocycles. The molecule has 0 aliphatic heterocycles. The largest absolute Gasteiger partial charge is 0.248 e. The zero-order valence-electron chi connectivity index (χ0n) is 18.2. The lowest BCUT2D eigenvalue weighted by Gasteiger charge is -2.11. The second-order valence-electron chi connectivity index (χ2n) is 7.97. The Morgan fingerprint density at radius 3 is 2.62 bits per heavy atom. The van der Waals surface area contributed by atoms with E-state index in [0.29, 0.717) is 6.42 Å². The quantitative estimate of drug-likeness (QED) is 0.302. The van der Waals surface area contributed by atoms with Crippen molar-refractivity contribution in [2.45, 2.75) is 90.6 Å². The number of halogens is 1. The molecule has 0 bridgehead atoms. The highest BCUT2D eigenvalue weighted by Gasteiger charge is 2.10. The van der Waals surface area contributed by atoms with Crippen molar-refractivity contribution < 1.29 is 4.39 Å². The van der Waals surface area contributed by atoms with Crippen LogP contribution in [0.15, 0.2) is 42.9 Å². The van der Waals surface area contributed by atoms with Crippen LogP contribution in [-0.4, -0.2) is 16.1 Å². The molecule has 0 spiro atoms. The number of allylic oxidation sites excluding steroid dienone is 1. The highest BCUT2D eigenvalue weighted by molar-refractivity contribution is 5.74. The van der Waals surface area contributed by atoms with Crippen LogP contribution in [0.25, 0.3) is 17.3 Å². The van der Waals surface area contributed by atoms with Gasteiger partial charge in [-0.15, -0.1) is 0 Å². The van der Waals surface area contributed by atoms with Crippen LogP contribution >= 0.6 is 0 Å². The average Bonchev–Trinajstić information content (AvgIpc) is 2.73. The molecule has 158 valence electrons. The Morgan fingerprint density at radius 1 is 1.00 bits per heavy atom. The zero-order valence-corrected chi connectivity index (χ0v) is 18.2. The van der Waals surface area contributed by atoms with Crippen molar-refractivity contribution in [2.75, 3.05) is 0 Å². The minimum atomic E-state index is -0.698. The Balaban J connectivity index is 1.99. The first-order chi connectivity index (χ1) is 14.2.